The highest BCUT2D eigenvalue weighted by Crippen LogP contribution is 2.21. The van der Waals surface area contributed by atoms with Crippen LogP contribution >= 0.6 is 11.3 Å². The zero-order valence-electron chi connectivity index (χ0n) is 14.5. The van der Waals surface area contributed by atoms with Crippen LogP contribution in [0.1, 0.15) is 16.0 Å². The predicted molar refractivity (Wildman–Crippen MR) is 109 cm³/mol. The topological polar surface area (TPSA) is 41.8 Å². The normalized spacial score (nSPS) is 12.1. The van der Waals surface area contributed by atoms with E-state index in [1.165, 1.54) is 12.1 Å². The number of para-hydroxylation sites is 1. The van der Waals surface area contributed by atoms with E-state index in [0.29, 0.717) is 11.5 Å². The van der Waals surface area contributed by atoms with Gasteiger partial charge in [-0.05, 0) is 59.5 Å². The Bertz CT molecular complexity index is 962. The molecule has 3 nitrogen and oxygen atoms in total. The molecule has 0 fully saturated rings. The van der Waals surface area contributed by atoms with E-state index in [4.69, 9.17) is 4.74 Å². The van der Waals surface area contributed by atoms with E-state index in [1.807, 2.05) is 60.0 Å². The Balaban J connectivity index is 1.70. The fraction of sp³-hybridized carbons (Fsp3) is 0.0455. The first-order chi connectivity index (χ1) is 13.2. The number of rotatable bonds is 7. The first kappa shape index (κ1) is 18.6. The largest absolute Gasteiger partial charge is 0.488 e. The van der Waals surface area contributed by atoms with Crippen LogP contribution < -0.4 is 4.74 Å². The molecule has 5 heteroatoms. The summed E-state index contributed by atoms with van der Waals surface area (Å²) in [6.07, 6.45) is 7.14. The first-order valence-corrected chi connectivity index (χ1v) is 9.20. The molecule has 1 N–H and O–H groups in total. The van der Waals surface area contributed by atoms with Gasteiger partial charge in [-0.25, -0.2) is 4.39 Å². The van der Waals surface area contributed by atoms with Crippen molar-refractivity contribution in [2.75, 3.05) is 0 Å². The minimum absolute atomic E-state index is 0.266. The number of halogens is 1. The van der Waals surface area contributed by atoms with Crippen molar-refractivity contribution in [3.63, 3.8) is 0 Å². The summed E-state index contributed by atoms with van der Waals surface area (Å²) in [5, 5.41) is 14.5. The number of hydrogen-bond donors (Lipinski definition) is 1. The summed E-state index contributed by atoms with van der Waals surface area (Å²) >= 11 is 1.60. The molecule has 0 amide bonds. The quantitative estimate of drug-likeness (QED) is 0.310. The Morgan fingerprint density at radius 3 is 2.67 bits per heavy atom. The maximum absolute atomic E-state index is 13.3. The van der Waals surface area contributed by atoms with E-state index in [-0.39, 0.29) is 12.4 Å². The maximum Gasteiger partial charge on any atom is 0.127 e. The molecular weight excluding hydrogens is 361 g/mol. The first-order valence-electron chi connectivity index (χ1n) is 8.32. The van der Waals surface area contributed by atoms with Gasteiger partial charge in [0, 0.05) is 10.4 Å². The van der Waals surface area contributed by atoms with Gasteiger partial charge in [0.1, 0.15) is 23.9 Å². The van der Waals surface area contributed by atoms with Crippen LogP contribution in [-0.2, 0) is 6.61 Å². The number of oxime groups is 1. The molecular formula is C22H18FNO2S. The highest BCUT2D eigenvalue weighted by molar-refractivity contribution is 7.10. The number of hydrogen-bond acceptors (Lipinski definition) is 4. The van der Waals surface area contributed by atoms with Gasteiger partial charge in [-0.3, -0.25) is 0 Å². The van der Waals surface area contributed by atoms with E-state index >= 15 is 0 Å². The molecule has 0 saturated carbocycles. The Labute approximate surface area is 161 Å². The molecule has 3 rings (SSSR count). The van der Waals surface area contributed by atoms with Crippen molar-refractivity contribution in [1.29, 1.82) is 0 Å². The maximum atomic E-state index is 13.3. The number of thiophene rings is 1. The summed E-state index contributed by atoms with van der Waals surface area (Å²) in [5.41, 5.74) is 2.01. The van der Waals surface area contributed by atoms with Gasteiger partial charge in [0.05, 0.1) is 0 Å². The smallest absolute Gasteiger partial charge is 0.127 e. The molecule has 0 aliphatic carbocycles. The molecule has 1 heterocycles. The highest BCUT2D eigenvalue weighted by atomic mass is 32.1. The number of allylic oxidation sites excluding steroid dienone is 2. The van der Waals surface area contributed by atoms with Crippen molar-refractivity contribution in [3.8, 4) is 5.75 Å². The average Bonchev–Trinajstić information content (AvgIpc) is 3.21. The summed E-state index contributed by atoms with van der Waals surface area (Å²) in [6, 6.07) is 17.8. The standard InChI is InChI=1S/C22H18FNO2S/c23-19-7-3-5-17(15-19)16-26-22-9-2-1-6-18(22)10-11-20(24-25)12-13-21-8-4-14-27-21/h1-15,25H,16H2. The van der Waals surface area contributed by atoms with Crippen LogP contribution in [0.4, 0.5) is 4.39 Å². The van der Waals surface area contributed by atoms with Gasteiger partial charge in [0.25, 0.3) is 0 Å². The lowest BCUT2D eigenvalue weighted by Gasteiger charge is -2.09. The molecule has 0 spiro atoms. The third kappa shape index (κ3) is 5.66. The molecule has 0 saturated heterocycles. The monoisotopic (exact) mass is 379 g/mol. The van der Waals surface area contributed by atoms with Crippen LogP contribution in [-0.4, -0.2) is 10.9 Å². The lowest BCUT2D eigenvalue weighted by Crippen LogP contribution is -1.97. The molecule has 136 valence electrons. The van der Waals surface area contributed by atoms with Crippen molar-refractivity contribution in [2.24, 2.45) is 5.16 Å². The van der Waals surface area contributed by atoms with Crippen molar-refractivity contribution in [3.05, 3.63) is 100 Å². The van der Waals surface area contributed by atoms with Crippen LogP contribution in [0.2, 0.25) is 0 Å². The predicted octanol–water partition coefficient (Wildman–Crippen LogP) is 6.02. The molecule has 0 atom stereocenters. The summed E-state index contributed by atoms with van der Waals surface area (Å²) in [6.45, 7) is 0.266. The highest BCUT2D eigenvalue weighted by Gasteiger charge is 2.02. The molecule has 2 aromatic carbocycles. The second kappa shape index (κ2) is 9.50. The molecule has 27 heavy (non-hydrogen) atoms. The van der Waals surface area contributed by atoms with Crippen molar-refractivity contribution in [2.45, 2.75) is 6.61 Å². The van der Waals surface area contributed by atoms with E-state index in [2.05, 4.69) is 5.16 Å². The SMILES string of the molecule is ON=C(C=Cc1cccs1)C=Cc1ccccc1OCc1cccc(F)c1. The molecule has 0 radical (unpaired) electrons. The van der Waals surface area contributed by atoms with Crippen LogP contribution in [0.3, 0.4) is 0 Å². The van der Waals surface area contributed by atoms with E-state index in [1.54, 1.807) is 29.6 Å². The zero-order valence-corrected chi connectivity index (χ0v) is 15.3. The second-order valence-corrected chi connectivity index (χ2v) is 6.64. The van der Waals surface area contributed by atoms with Crippen LogP contribution in [0, 0.1) is 5.82 Å². The fourth-order valence-electron chi connectivity index (χ4n) is 2.39. The van der Waals surface area contributed by atoms with Gasteiger partial charge in [0.15, 0.2) is 0 Å². The number of nitrogens with zero attached hydrogens (tertiary/aromatic N) is 1. The lowest BCUT2D eigenvalue weighted by molar-refractivity contribution is 0.305. The summed E-state index contributed by atoms with van der Waals surface area (Å²) in [7, 11) is 0. The van der Waals surface area contributed by atoms with Crippen LogP contribution in [0.5, 0.6) is 5.75 Å². The van der Waals surface area contributed by atoms with Crippen LogP contribution in [0.15, 0.2) is 83.4 Å². The van der Waals surface area contributed by atoms with E-state index in [9.17, 15) is 9.60 Å². The summed E-state index contributed by atoms with van der Waals surface area (Å²) in [5.74, 6) is 0.378. The second-order valence-electron chi connectivity index (χ2n) is 5.66. The number of ether oxygens (including phenoxy) is 1. The van der Waals surface area contributed by atoms with E-state index < -0.39 is 0 Å². The van der Waals surface area contributed by atoms with Crippen LogP contribution in [0.25, 0.3) is 12.2 Å². The van der Waals surface area contributed by atoms with Gasteiger partial charge in [-0.2, -0.15) is 0 Å². The molecule has 0 bridgehead atoms. The van der Waals surface area contributed by atoms with Gasteiger partial charge >= 0.3 is 0 Å². The van der Waals surface area contributed by atoms with E-state index in [0.717, 1.165) is 16.0 Å². The minimum atomic E-state index is -0.286. The van der Waals surface area contributed by atoms with Crippen molar-refractivity contribution < 1.29 is 14.3 Å². The van der Waals surface area contributed by atoms with Gasteiger partial charge < -0.3 is 9.94 Å². The minimum Gasteiger partial charge on any atom is -0.488 e. The molecule has 3 aromatic rings. The van der Waals surface area contributed by atoms with Gasteiger partial charge in [-0.15, -0.1) is 11.3 Å². The molecule has 0 aliphatic rings. The Hall–Kier alpha value is -3.18. The zero-order chi connectivity index (χ0) is 18.9. The summed E-state index contributed by atoms with van der Waals surface area (Å²) < 4.78 is 19.1. The third-order valence-electron chi connectivity index (χ3n) is 3.71. The summed E-state index contributed by atoms with van der Waals surface area (Å²) in [4.78, 5) is 1.07. The number of benzene rings is 2. The van der Waals surface area contributed by atoms with Gasteiger partial charge in [-0.1, -0.05) is 41.6 Å². The van der Waals surface area contributed by atoms with Crippen molar-refractivity contribution in [1.82, 2.24) is 0 Å². The Morgan fingerprint density at radius 2 is 1.89 bits per heavy atom. The van der Waals surface area contributed by atoms with Crippen molar-refractivity contribution >= 4 is 29.2 Å². The Morgan fingerprint density at radius 1 is 1.04 bits per heavy atom. The molecule has 0 aliphatic heterocycles. The lowest BCUT2D eigenvalue weighted by atomic mass is 10.1. The Kier molecular flexibility index (Phi) is 6.55. The fourth-order valence-corrected chi connectivity index (χ4v) is 3.01. The molecule has 1 aromatic heterocycles. The van der Waals surface area contributed by atoms with Gasteiger partial charge in [0.2, 0.25) is 0 Å². The average molecular weight is 379 g/mol. The third-order valence-corrected chi connectivity index (χ3v) is 4.55. The molecule has 0 unspecified atom stereocenters.